The molecule has 0 atom stereocenters. The molecule has 1 aliphatic rings. The van der Waals surface area contributed by atoms with E-state index in [1.807, 2.05) is 11.2 Å². The van der Waals surface area contributed by atoms with Crippen LogP contribution in [0.25, 0.3) is 0 Å². The SMILES string of the molecule is Cc1ccc(C(=O)N2CCCn3cnc(CN(C)C(C)C)c3C2)cc1F. The Bertz CT molecular complexity index is 799. The molecule has 0 radical (unpaired) electrons. The molecule has 0 N–H and O–H groups in total. The lowest BCUT2D eigenvalue weighted by atomic mass is 10.1. The number of hydrogen-bond donors (Lipinski definition) is 0. The second kappa shape index (κ2) is 7.58. The van der Waals surface area contributed by atoms with E-state index in [9.17, 15) is 9.18 Å². The van der Waals surface area contributed by atoms with Crippen molar-refractivity contribution in [2.24, 2.45) is 0 Å². The van der Waals surface area contributed by atoms with Gasteiger partial charge < -0.3 is 9.47 Å². The first kappa shape index (κ1) is 18.6. The molecule has 0 saturated heterocycles. The summed E-state index contributed by atoms with van der Waals surface area (Å²) < 4.78 is 16.0. The van der Waals surface area contributed by atoms with Crippen molar-refractivity contribution in [3.63, 3.8) is 0 Å². The number of fused-ring (bicyclic) bond motifs is 1. The first-order valence-electron chi connectivity index (χ1n) is 9.15. The zero-order chi connectivity index (χ0) is 18.8. The largest absolute Gasteiger partial charge is 0.333 e. The van der Waals surface area contributed by atoms with Crippen LogP contribution in [0.5, 0.6) is 0 Å². The second-order valence-corrected chi connectivity index (χ2v) is 7.38. The van der Waals surface area contributed by atoms with E-state index in [0.29, 0.717) is 30.3 Å². The van der Waals surface area contributed by atoms with Crippen molar-refractivity contribution in [3.05, 3.63) is 52.9 Å². The van der Waals surface area contributed by atoms with E-state index in [2.05, 4.69) is 35.3 Å². The van der Waals surface area contributed by atoms with Gasteiger partial charge in [-0.15, -0.1) is 0 Å². The van der Waals surface area contributed by atoms with Gasteiger partial charge in [0.1, 0.15) is 5.82 Å². The lowest BCUT2D eigenvalue weighted by Gasteiger charge is -2.23. The van der Waals surface area contributed by atoms with Crippen LogP contribution in [0.15, 0.2) is 24.5 Å². The van der Waals surface area contributed by atoms with Crippen LogP contribution in [-0.4, -0.2) is 44.9 Å². The Labute approximate surface area is 154 Å². The summed E-state index contributed by atoms with van der Waals surface area (Å²) in [6.07, 6.45) is 2.74. The molecule has 26 heavy (non-hydrogen) atoms. The van der Waals surface area contributed by atoms with Crippen LogP contribution in [0, 0.1) is 12.7 Å². The van der Waals surface area contributed by atoms with Gasteiger partial charge in [0.15, 0.2) is 0 Å². The maximum atomic E-state index is 13.9. The predicted octanol–water partition coefficient (Wildman–Crippen LogP) is 3.22. The normalized spacial score (nSPS) is 14.7. The molecule has 1 aliphatic heterocycles. The quantitative estimate of drug-likeness (QED) is 0.843. The Morgan fingerprint density at radius 3 is 2.81 bits per heavy atom. The number of hydrogen-bond acceptors (Lipinski definition) is 3. The minimum absolute atomic E-state index is 0.123. The smallest absolute Gasteiger partial charge is 0.254 e. The van der Waals surface area contributed by atoms with Crippen molar-refractivity contribution in [1.82, 2.24) is 19.4 Å². The molecule has 0 bridgehead atoms. The lowest BCUT2D eigenvalue weighted by Crippen LogP contribution is -2.32. The van der Waals surface area contributed by atoms with Crippen LogP contribution in [0.3, 0.4) is 0 Å². The van der Waals surface area contributed by atoms with E-state index in [-0.39, 0.29) is 11.7 Å². The van der Waals surface area contributed by atoms with Crippen LogP contribution in [-0.2, 0) is 19.6 Å². The minimum Gasteiger partial charge on any atom is -0.333 e. The molecule has 2 heterocycles. The lowest BCUT2D eigenvalue weighted by molar-refractivity contribution is 0.0744. The molecule has 6 heteroatoms. The highest BCUT2D eigenvalue weighted by atomic mass is 19.1. The third-order valence-electron chi connectivity index (χ3n) is 5.19. The number of aromatic nitrogens is 2. The molecule has 1 aromatic carbocycles. The van der Waals surface area contributed by atoms with Gasteiger partial charge in [-0.25, -0.2) is 9.37 Å². The van der Waals surface area contributed by atoms with E-state index in [0.717, 1.165) is 30.9 Å². The van der Waals surface area contributed by atoms with Crippen molar-refractivity contribution in [1.29, 1.82) is 0 Å². The second-order valence-electron chi connectivity index (χ2n) is 7.38. The summed E-state index contributed by atoms with van der Waals surface area (Å²) in [6.45, 7) is 8.77. The Balaban J connectivity index is 1.83. The van der Waals surface area contributed by atoms with Gasteiger partial charge in [-0.05, 0) is 51.9 Å². The molecule has 0 spiro atoms. The zero-order valence-corrected chi connectivity index (χ0v) is 16.0. The first-order valence-corrected chi connectivity index (χ1v) is 9.15. The molecule has 0 aliphatic carbocycles. The fraction of sp³-hybridized carbons (Fsp3) is 0.500. The summed E-state index contributed by atoms with van der Waals surface area (Å²) in [5.41, 5.74) is 3.04. The number of imidazole rings is 1. The van der Waals surface area contributed by atoms with Crippen LogP contribution in [0.2, 0.25) is 0 Å². The third-order valence-corrected chi connectivity index (χ3v) is 5.19. The van der Waals surface area contributed by atoms with Crippen molar-refractivity contribution in [2.45, 2.75) is 52.9 Å². The Morgan fingerprint density at radius 1 is 1.35 bits per heavy atom. The highest BCUT2D eigenvalue weighted by Crippen LogP contribution is 2.20. The fourth-order valence-electron chi connectivity index (χ4n) is 3.15. The summed E-state index contributed by atoms with van der Waals surface area (Å²) in [4.78, 5) is 21.5. The van der Waals surface area contributed by atoms with Gasteiger partial charge in [-0.2, -0.15) is 0 Å². The number of rotatable bonds is 4. The molecule has 0 unspecified atom stereocenters. The average Bonchev–Trinajstić information content (AvgIpc) is 2.85. The van der Waals surface area contributed by atoms with E-state index >= 15 is 0 Å². The summed E-state index contributed by atoms with van der Waals surface area (Å²) in [5, 5.41) is 0. The van der Waals surface area contributed by atoms with Crippen LogP contribution in [0.4, 0.5) is 4.39 Å². The van der Waals surface area contributed by atoms with Gasteiger partial charge in [-0.3, -0.25) is 9.69 Å². The molecule has 0 fully saturated rings. The fourth-order valence-corrected chi connectivity index (χ4v) is 3.15. The molecule has 0 saturated carbocycles. The van der Waals surface area contributed by atoms with Crippen molar-refractivity contribution in [2.75, 3.05) is 13.6 Å². The average molecular weight is 358 g/mol. The van der Waals surface area contributed by atoms with E-state index in [4.69, 9.17) is 0 Å². The van der Waals surface area contributed by atoms with Gasteiger partial charge in [0, 0.05) is 31.2 Å². The highest BCUT2D eigenvalue weighted by molar-refractivity contribution is 5.94. The van der Waals surface area contributed by atoms with Gasteiger partial charge in [0.2, 0.25) is 0 Å². The summed E-state index contributed by atoms with van der Waals surface area (Å²) in [5.74, 6) is -0.461. The first-order chi connectivity index (χ1) is 12.4. The van der Waals surface area contributed by atoms with Gasteiger partial charge in [0.05, 0.1) is 24.3 Å². The molecule has 1 aromatic heterocycles. The van der Waals surface area contributed by atoms with E-state index < -0.39 is 0 Å². The molecule has 5 nitrogen and oxygen atoms in total. The maximum absolute atomic E-state index is 13.9. The topological polar surface area (TPSA) is 41.4 Å². The number of aryl methyl sites for hydroxylation is 2. The number of benzene rings is 1. The van der Waals surface area contributed by atoms with Crippen LogP contribution < -0.4 is 0 Å². The standard InChI is InChI=1S/C20H27FN4O/c1-14(2)23(4)11-18-19-12-24(8-5-9-25(19)13-22-18)20(26)16-7-6-15(3)17(21)10-16/h6-7,10,13-14H,5,8-9,11-12H2,1-4H3. The maximum Gasteiger partial charge on any atom is 0.254 e. The summed E-state index contributed by atoms with van der Waals surface area (Å²) in [6, 6.07) is 5.13. The molecular formula is C20H27FN4O. The number of carbonyl (C=O) groups is 1. The molecule has 1 amide bonds. The Kier molecular flexibility index (Phi) is 5.41. The van der Waals surface area contributed by atoms with Gasteiger partial charge in [0.25, 0.3) is 5.91 Å². The minimum atomic E-state index is -0.338. The Hall–Kier alpha value is -2.21. The van der Waals surface area contributed by atoms with Gasteiger partial charge >= 0.3 is 0 Å². The summed E-state index contributed by atoms with van der Waals surface area (Å²) >= 11 is 0. The zero-order valence-electron chi connectivity index (χ0n) is 16.0. The molecule has 3 rings (SSSR count). The predicted molar refractivity (Wildman–Crippen MR) is 99.3 cm³/mol. The highest BCUT2D eigenvalue weighted by Gasteiger charge is 2.24. The van der Waals surface area contributed by atoms with Crippen LogP contribution in [0.1, 0.15) is 47.6 Å². The summed E-state index contributed by atoms with van der Waals surface area (Å²) in [7, 11) is 2.07. The van der Waals surface area contributed by atoms with Crippen LogP contribution >= 0.6 is 0 Å². The monoisotopic (exact) mass is 358 g/mol. The van der Waals surface area contributed by atoms with Gasteiger partial charge in [-0.1, -0.05) is 6.07 Å². The number of nitrogens with zero attached hydrogens (tertiary/aromatic N) is 4. The third kappa shape index (κ3) is 3.80. The van der Waals surface area contributed by atoms with Crippen molar-refractivity contribution >= 4 is 5.91 Å². The molecule has 2 aromatic rings. The Morgan fingerprint density at radius 2 is 2.12 bits per heavy atom. The molecular weight excluding hydrogens is 331 g/mol. The molecule has 140 valence electrons. The number of halogens is 1. The van der Waals surface area contributed by atoms with Crippen molar-refractivity contribution < 1.29 is 9.18 Å². The van der Waals surface area contributed by atoms with E-state index in [1.165, 1.54) is 6.07 Å². The van der Waals surface area contributed by atoms with Crippen molar-refractivity contribution in [3.8, 4) is 0 Å². The number of amides is 1. The van der Waals surface area contributed by atoms with E-state index in [1.54, 1.807) is 19.1 Å². The number of carbonyl (C=O) groups excluding carboxylic acids is 1.